The quantitative estimate of drug-likeness (QED) is 0.193. The molecule has 4 nitrogen and oxygen atoms in total. The van der Waals surface area contributed by atoms with E-state index in [1.165, 1.54) is 128 Å². The van der Waals surface area contributed by atoms with Crippen molar-refractivity contribution in [3.8, 4) is 22.5 Å². The molecule has 2 aromatic heterocycles. The van der Waals surface area contributed by atoms with E-state index < -0.39 is 0 Å². The van der Waals surface area contributed by atoms with Crippen LogP contribution in [0, 0.1) is 125 Å². The van der Waals surface area contributed by atoms with Gasteiger partial charge in [0.05, 0.1) is 33.6 Å². The van der Waals surface area contributed by atoms with E-state index in [0.717, 1.165) is 17.0 Å². The Hall–Kier alpha value is -4.18. The molecule has 4 aromatic carbocycles. The number of rotatable bonds is 3. The van der Waals surface area contributed by atoms with Crippen molar-refractivity contribution in [3.05, 3.63) is 101 Å². The molecule has 0 bridgehead atoms. The fraction of sp³-hybridized carbons (Fsp3) is 0.409. The maximum Gasteiger partial charge on any atom is 0.111 e. The number of hydrogen-bond acceptors (Lipinski definition) is 2. The van der Waals surface area contributed by atoms with Crippen LogP contribution in [0.4, 0.5) is 0 Å². The zero-order valence-corrected chi connectivity index (χ0v) is 32.8. The van der Waals surface area contributed by atoms with E-state index in [1.54, 1.807) is 0 Å². The van der Waals surface area contributed by atoms with Gasteiger partial charge in [0.15, 0.2) is 0 Å². The highest BCUT2D eigenvalue weighted by Crippen LogP contribution is 2.45. The molecule has 6 aromatic rings. The molecule has 0 N–H and O–H groups in total. The van der Waals surface area contributed by atoms with Crippen LogP contribution >= 0.6 is 0 Å². The van der Waals surface area contributed by atoms with Crippen molar-refractivity contribution in [1.29, 1.82) is 0 Å². The van der Waals surface area contributed by atoms with Gasteiger partial charge < -0.3 is 0 Å². The molecule has 0 aliphatic heterocycles. The molecule has 0 spiro atoms. The standard InChI is InChI=1S/C44H54N4/c1-19-21(3)29(11)43-39(23(19)5)35(17)46-48(43)42-33(15)26(8)38(27(9)34(42)16)37-24(6)31(13)41(32(14)25(37)7)47-36(18)45-40-28(10)20(2)22(4)30(12)44(40)47/h1-18H3. The van der Waals surface area contributed by atoms with Gasteiger partial charge in [-0.05, 0) is 225 Å². The van der Waals surface area contributed by atoms with Crippen LogP contribution in [0.3, 0.4) is 0 Å². The van der Waals surface area contributed by atoms with Crippen LogP contribution in [-0.4, -0.2) is 19.3 Å². The van der Waals surface area contributed by atoms with Crippen LogP contribution in [0.2, 0.25) is 0 Å². The van der Waals surface area contributed by atoms with E-state index in [-0.39, 0.29) is 0 Å². The molecule has 0 saturated heterocycles. The average Bonchev–Trinajstić information content (AvgIpc) is 3.57. The Morgan fingerprint density at radius 3 is 1.23 bits per heavy atom. The summed E-state index contributed by atoms with van der Waals surface area (Å²) in [6, 6.07) is 0. The molecule has 0 aliphatic rings. The second kappa shape index (κ2) is 11.2. The van der Waals surface area contributed by atoms with Gasteiger partial charge in [0, 0.05) is 5.39 Å². The monoisotopic (exact) mass is 638 g/mol. The normalized spacial score (nSPS) is 12.0. The van der Waals surface area contributed by atoms with E-state index in [0.29, 0.717) is 0 Å². The summed E-state index contributed by atoms with van der Waals surface area (Å²) in [5, 5.41) is 6.53. The molecule has 0 atom stereocenters. The van der Waals surface area contributed by atoms with Crippen LogP contribution < -0.4 is 0 Å². The van der Waals surface area contributed by atoms with Gasteiger partial charge in [-0.2, -0.15) is 5.10 Å². The van der Waals surface area contributed by atoms with Gasteiger partial charge in [-0.3, -0.25) is 4.57 Å². The van der Waals surface area contributed by atoms with Crippen LogP contribution in [0.25, 0.3) is 44.4 Å². The third-order valence-electron chi connectivity index (χ3n) is 12.8. The van der Waals surface area contributed by atoms with Crippen molar-refractivity contribution in [2.24, 2.45) is 0 Å². The highest BCUT2D eigenvalue weighted by atomic mass is 15.3. The maximum atomic E-state index is 5.24. The number of aromatic nitrogens is 4. The van der Waals surface area contributed by atoms with Crippen LogP contribution in [0.15, 0.2) is 0 Å². The van der Waals surface area contributed by atoms with Crippen molar-refractivity contribution >= 4 is 21.9 Å². The lowest BCUT2D eigenvalue weighted by molar-refractivity contribution is 0.866. The summed E-state index contributed by atoms with van der Waals surface area (Å²) in [4.78, 5) is 5.16. The molecule has 2 heterocycles. The lowest BCUT2D eigenvalue weighted by Crippen LogP contribution is -2.12. The first kappa shape index (κ1) is 33.7. The Bertz CT molecular complexity index is 2350. The zero-order valence-electron chi connectivity index (χ0n) is 32.8. The molecule has 4 heteroatoms. The predicted molar refractivity (Wildman–Crippen MR) is 206 cm³/mol. The first-order chi connectivity index (χ1) is 22.4. The molecule has 0 saturated carbocycles. The van der Waals surface area contributed by atoms with E-state index >= 15 is 0 Å². The maximum absolute atomic E-state index is 5.24. The molecular weight excluding hydrogens is 585 g/mol. The second-order valence-electron chi connectivity index (χ2n) is 14.9. The van der Waals surface area contributed by atoms with Gasteiger partial charge >= 0.3 is 0 Å². The van der Waals surface area contributed by atoms with Gasteiger partial charge in [-0.25, -0.2) is 9.67 Å². The molecule has 0 amide bonds. The lowest BCUT2D eigenvalue weighted by Gasteiger charge is -2.27. The van der Waals surface area contributed by atoms with Crippen molar-refractivity contribution in [3.63, 3.8) is 0 Å². The SMILES string of the molecule is Cc1c(C)c(-n2nc(C)c3c(C)c(C)c(C)c(C)c32)c(C)c(C)c1-c1c(C)c(C)c(-n2c(C)nc3c(C)c(C)c(C)c(C)c32)c(C)c1C. The third-order valence-corrected chi connectivity index (χ3v) is 12.8. The minimum atomic E-state index is 1.04. The molecule has 6 rings (SSSR count). The van der Waals surface area contributed by atoms with Crippen molar-refractivity contribution in [1.82, 2.24) is 19.3 Å². The van der Waals surface area contributed by atoms with E-state index in [9.17, 15) is 0 Å². The minimum absolute atomic E-state index is 1.04. The summed E-state index contributed by atoms with van der Waals surface area (Å²) < 4.78 is 4.70. The molecule has 250 valence electrons. The Kier molecular flexibility index (Phi) is 7.86. The van der Waals surface area contributed by atoms with Crippen molar-refractivity contribution < 1.29 is 0 Å². The molecule has 48 heavy (non-hydrogen) atoms. The third kappa shape index (κ3) is 4.27. The van der Waals surface area contributed by atoms with Crippen LogP contribution in [0.1, 0.15) is 101 Å². The smallest absolute Gasteiger partial charge is 0.111 e. The lowest BCUT2D eigenvalue weighted by atomic mass is 9.81. The summed E-state index contributed by atoms with van der Waals surface area (Å²) in [7, 11) is 0. The number of fused-ring (bicyclic) bond motifs is 2. The highest BCUT2D eigenvalue weighted by Gasteiger charge is 2.27. The summed E-state index contributed by atoms with van der Waals surface area (Å²) >= 11 is 0. The molecule has 0 unspecified atom stereocenters. The summed E-state index contributed by atoms with van der Waals surface area (Å²) in [6.07, 6.45) is 0. The number of imidazole rings is 1. The molecule has 0 aliphatic carbocycles. The van der Waals surface area contributed by atoms with Gasteiger partial charge in [-0.1, -0.05) is 0 Å². The van der Waals surface area contributed by atoms with E-state index in [2.05, 4.69) is 134 Å². The van der Waals surface area contributed by atoms with E-state index in [1.807, 2.05) is 0 Å². The molecule has 0 fully saturated rings. The second-order valence-corrected chi connectivity index (χ2v) is 14.9. The Morgan fingerprint density at radius 2 is 0.750 bits per heavy atom. The van der Waals surface area contributed by atoms with Gasteiger partial charge in [0.2, 0.25) is 0 Å². The number of hydrogen-bond donors (Lipinski definition) is 0. The average molecular weight is 639 g/mol. The van der Waals surface area contributed by atoms with Crippen molar-refractivity contribution in [2.45, 2.75) is 125 Å². The number of aryl methyl sites for hydroxylation is 6. The highest BCUT2D eigenvalue weighted by molar-refractivity contribution is 5.93. The number of nitrogens with zero attached hydrogens (tertiary/aromatic N) is 4. The predicted octanol–water partition coefficient (Wildman–Crippen LogP) is 11.6. The van der Waals surface area contributed by atoms with Gasteiger partial charge in [-0.15, -0.1) is 0 Å². The van der Waals surface area contributed by atoms with Gasteiger partial charge in [0.25, 0.3) is 0 Å². The minimum Gasteiger partial charge on any atom is -0.296 e. The number of benzene rings is 4. The molecule has 0 radical (unpaired) electrons. The fourth-order valence-corrected chi connectivity index (χ4v) is 8.73. The Labute approximate surface area is 288 Å². The zero-order chi connectivity index (χ0) is 35.6. The summed E-state index contributed by atoms with van der Waals surface area (Å²) in [5.74, 6) is 1.04. The van der Waals surface area contributed by atoms with Crippen LogP contribution in [0.5, 0.6) is 0 Å². The first-order valence-corrected chi connectivity index (χ1v) is 17.5. The molecular formula is C44H54N4. The largest absolute Gasteiger partial charge is 0.296 e. The fourth-order valence-electron chi connectivity index (χ4n) is 8.73. The Balaban J connectivity index is 1.66. The van der Waals surface area contributed by atoms with E-state index in [4.69, 9.17) is 10.1 Å². The summed E-state index contributed by atoms with van der Waals surface area (Å²) in [6.45, 7) is 40.8. The van der Waals surface area contributed by atoms with Gasteiger partial charge in [0.1, 0.15) is 5.82 Å². The van der Waals surface area contributed by atoms with Crippen LogP contribution in [-0.2, 0) is 0 Å². The van der Waals surface area contributed by atoms with Crippen molar-refractivity contribution in [2.75, 3.05) is 0 Å². The summed E-state index contributed by atoms with van der Waals surface area (Å²) in [5.41, 5.74) is 31.1. The topological polar surface area (TPSA) is 35.6 Å². The first-order valence-electron chi connectivity index (χ1n) is 17.5. The Morgan fingerprint density at radius 1 is 0.354 bits per heavy atom.